The minimum Gasteiger partial charge on any atom is -0.335 e. The van der Waals surface area contributed by atoms with Gasteiger partial charge in [0, 0.05) is 12.5 Å². The lowest BCUT2D eigenvalue weighted by Crippen LogP contribution is -2.43. The Labute approximate surface area is 130 Å². The van der Waals surface area contributed by atoms with Crippen molar-refractivity contribution in [3.63, 3.8) is 0 Å². The molecule has 0 radical (unpaired) electrons. The predicted molar refractivity (Wildman–Crippen MR) is 81.9 cm³/mol. The molecule has 1 saturated carbocycles. The Balaban J connectivity index is 1.97. The second-order valence-electron chi connectivity index (χ2n) is 5.71. The summed E-state index contributed by atoms with van der Waals surface area (Å²) in [5.74, 6) is 0.548. The van der Waals surface area contributed by atoms with E-state index in [2.05, 4.69) is 12.2 Å². The Morgan fingerprint density at radius 3 is 2.50 bits per heavy atom. The molecule has 2 unspecified atom stereocenters. The van der Waals surface area contributed by atoms with Crippen molar-refractivity contribution in [2.45, 2.75) is 43.5 Å². The monoisotopic (exact) mass is 324 g/mol. The van der Waals surface area contributed by atoms with E-state index in [1.807, 2.05) is 4.72 Å². The first-order valence-corrected chi connectivity index (χ1v) is 8.75. The normalized spacial score (nSPS) is 21.3. The topological polar surface area (TPSA) is 92.3 Å². The van der Waals surface area contributed by atoms with Crippen molar-refractivity contribution in [1.29, 1.82) is 0 Å². The lowest BCUT2D eigenvalue weighted by Gasteiger charge is -2.13. The number of amides is 2. The molecule has 0 bridgehead atoms. The van der Waals surface area contributed by atoms with Crippen LogP contribution in [0.25, 0.3) is 0 Å². The summed E-state index contributed by atoms with van der Waals surface area (Å²) in [6.07, 6.45) is 3.75. The van der Waals surface area contributed by atoms with Gasteiger partial charge in [-0.15, -0.1) is 0 Å². The third-order valence-corrected chi connectivity index (χ3v) is 5.16. The van der Waals surface area contributed by atoms with Gasteiger partial charge in [-0.05, 0) is 42.9 Å². The molecule has 2 rings (SSSR count). The van der Waals surface area contributed by atoms with E-state index in [1.165, 1.54) is 12.1 Å². The van der Waals surface area contributed by atoms with Gasteiger partial charge in [0.15, 0.2) is 0 Å². The van der Waals surface area contributed by atoms with E-state index < -0.39 is 16.1 Å². The number of urea groups is 1. The number of hydrogen-bond acceptors (Lipinski definition) is 4. The third kappa shape index (κ3) is 4.30. The van der Waals surface area contributed by atoms with Crippen molar-refractivity contribution in [3.05, 3.63) is 29.8 Å². The van der Waals surface area contributed by atoms with Crippen LogP contribution in [0.5, 0.6) is 0 Å². The maximum Gasteiger partial charge on any atom is 0.328 e. The molecular formula is C15H20N2O4S. The van der Waals surface area contributed by atoms with Gasteiger partial charge >= 0.3 is 6.03 Å². The van der Waals surface area contributed by atoms with Gasteiger partial charge in [0.2, 0.25) is 0 Å². The number of aldehydes is 1. The second kappa shape index (κ2) is 6.91. The van der Waals surface area contributed by atoms with Crippen LogP contribution in [0.4, 0.5) is 4.79 Å². The summed E-state index contributed by atoms with van der Waals surface area (Å²) in [4.78, 5) is 22.2. The smallest absolute Gasteiger partial charge is 0.328 e. The molecule has 0 saturated heterocycles. The van der Waals surface area contributed by atoms with Crippen molar-refractivity contribution in [2.24, 2.45) is 5.92 Å². The van der Waals surface area contributed by atoms with Crippen LogP contribution in [0.1, 0.15) is 31.7 Å². The highest BCUT2D eigenvalue weighted by Crippen LogP contribution is 2.24. The average Bonchev–Trinajstić information content (AvgIpc) is 2.84. The lowest BCUT2D eigenvalue weighted by molar-refractivity contribution is -0.107. The van der Waals surface area contributed by atoms with Crippen LogP contribution in [0.15, 0.2) is 29.2 Å². The number of carbonyl (C=O) groups is 2. The molecule has 2 N–H and O–H groups in total. The SMILES string of the molecule is CC1CCC(NC(=O)NS(=O)(=O)c2ccc(CC=O)cc2)C1. The van der Waals surface area contributed by atoms with E-state index in [4.69, 9.17) is 0 Å². The van der Waals surface area contributed by atoms with E-state index in [1.54, 1.807) is 12.1 Å². The number of sulfonamides is 1. The summed E-state index contributed by atoms with van der Waals surface area (Å²) >= 11 is 0. The van der Waals surface area contributed by atoms with E-state index in [9.17, 15) is 18.0 Å². The van der Waals surface area contributed by atoms with Crippen LogP contribution in [-0.2, 0) is 21.2 Å². The minimum atomic E-state index is -3.90. The zero-order chi connectivity index (χ0) is 16.2. The molecule has 1 fully saturated rings. The maximum atomic E-state index is 12.1. The fourth-order valence-corrected chi connectivity index (χ4v) is 3.55. The van der Waals surface area contributed by atoms with Crippen molar-refractivity contribution in [2.75, 3.05) is 0 Å². The quantitative estimate of drug-likeness (QED) is 0.805. The molecule has 0 heterocycles. The van der Waals surface area contributed by atoms with Crippen LogP contribution in [0, 0.1) is 5.92 Å². The van der Waals surface area contributed by atoms with Crippen LogP contribution in [0.3, 0.4) is 0 Å². The molecule has 22 heavy (non-hydrogen) atoms. The first-order chi connectivity index (χ1) is 10.4. The fourth-order valence-electron chi connectivity index (χ4n) is 2.63. The minimum absolute atomic E-state index is 0.00270. The molecule has 6 nitrogen and oxygen atoms in total. The van der Waals surface area contributed by atoms with Crippen LogP contribution in [0.2, 0.25) is 0 Å². The van der Waals surface area contributed by atoms with Gasteiger partial charge in [-0.3, -0.25) is 0 Å². The summed E-state index contributed by atoms with van der Waals surface area (Å²) in [6.45, 7) is 2.11. The molecule has 1 aromatic rings. The molecule has 1 aliphatic rings. The highest BCUT2D eigenvalue weighted by molar-refractivity contribution is 7.90. The molecule has 1 aliphatic carbocycles. The van der Waals surface area contributed by atoms with Gasteiger partial charge in [0.1, 0.15) is 6.29 Å². The maximum absolute atomic E-state index is 12.1. The lowest BCUT2D eigenvalue weighted by atomic mass is 10.1. The summed E-state index contributed by atoms with van der Waals surface area (Å²) < 4.78 is 26.2. The molecule has 0 aliphatic heterocycles. The van der Waals surface area contributed by atoms with E-state index in [0.717, 1.165) is 31.1 Å². The number of benzene rings is 1. The van der Waals surface area contributed by atoms with Crippen LogP contribution < -0.4 is 10.0 Å². The van der Waals surface area contributed by atoms with Crippen LogP contribution >= 0.6 is 0 Å². The fraction of sp³-hybridized carbons (Fsp3) is 0.467. The summed E-state index contributed by atoms with van der Waals surface area (Å²) in [7, 11) is -3.90. The molecule has 7 heteroatoms. The van der Waals surface area contributed by atoms with Gasteiger partial charge in [0.25, 0.3) is 10.0 Å². The molecule has 2 atom stereocenters. The number of carbonyl (C=O) groups excluding carboxylic acids is 2. The van der Waals surface area contributed by atoms with Crippen molar-refractivity contribution < 1.29 is 18.0 Å². The Bertz CT molecular complexity index is 640. The van der Waals surface area contributed by atoms with Gasteiger partial charge in [-0.25, -0.2) is 17.9 Å². The zero-order valence-corrected chi connectivity index (χ0v) is 13.2. The molecular weight excluding hydrogens is 304 g/mol. The van der Waals surface area contributed by atoms with E-state index >= 15 is 0 Å². The van der Waals surface area contributed by atoms with Gasteiger partial charge in [-0.1, -0.05) is 19.1 Å². The standard InChI is InChI=1S/C15H20N2O4S/c1-11-2-5-13(10-11)16-15(19)17-22(20,21)14-6-3-12(4-7-14)8-9-18/h3-4,6-7,9,11,13H,2,5,8,10H2,1H3,(H2,16,17,19). The largest absolute Gasteiger partial charge is 0.335 e. The van der Waals surface area contributed by atoms with Crippen molar-refractivity contribution >= 4 is 22.3 Å². The molecule has 0 spiro atoms. The second-order valence-corrected chi connectivity index (χ2v) is 7.39. The van der Waals surface area contributed by atoms with E-state index in [0.29, 0.717) is 5.92 Å². The summed E-state index contributed by atoms with van der Waals surface area (Å²) in [5, 5.41) is 2.69. The van der Waals surface area contributed by atoms with Gasteiger partial charge in [-0.2, -0.15) is 0 Å². The summed E-state index contributed by atoms with van der Waals surface area (Å²) in [6, 6.07) is 5.20. The van der Waals surface area contributed by atoms with Crippen LogP contribution in [-0.4, -0.2) is 26.8 Å². The van der Waals surface area contributed by atoms with Crippen molar-refractivity contribution in [1.82, 2.24) is 10.0 Å². The van der Waals surface area contributed by atoms with Crippen molar-refractivity contribution in [3.8, 4) is 0 Å². The zero-order valence-electron chi connectivity index (χ0n) is 12.4. The number of nitrogens with one attached hydrogen (secondary N) is 2. The highest BCUT2D eigenvalue weighted by atomic mass is 32.2. The Kier molecular flexibility index (Phi) is 5.18. The van der Waals surface area contributed by atoms with Gasteiger partial charge in [0.05, 0.1) is 4.90 Å². The first-order valence-electron chi connectivity index (χ1n) is 7.26. The molecule has 1 aromatic carbocycles. The first kappa shape index (κ1) is 16.5. The summed E-state index contributed by atoms with van der Waals surface area (Å²) in [5.41, 5.74) is 0.721. The Hall–Kier alpha value is -1.89. The molecule has 0 aromatic heterocycles. The van der Waals surface area contributed by atoms with E-state index in [-0.39, 0.29) is 17.4 Å². The molecule has 120 valence electrons. The average molecular weight is 324 g/mol. The highest BCUT2D eigenvalue weighted by Gasteiger charge is 2.24. The number of rotatable bonds is 5. The Morgan fingerprint density at radius 2 is 1.95 bits per heavy atom. The third-order valence-electron chi connectivity index (χ3n) is 3.81. The predicted octanol–water partition coefficient (Wildman–Crippen LogP) is 1.60. The number of hydrogen-bond donors (Lipinski definition) is 2. The Morgan fingerprint density at radius 1 is 1.27 bits per heavy atom. The van der Waals surface area contributed by atoms with Gasteiger partial charge < -0.3 is 10.1 Å². The molecule has 2 amide bonds.